The van der Waals surface area contributed by atoms with Gasteiger partial charge >= 0.3 is 0 Å². The molecule has 0 fully saturated rings. The van der Waals surface area contributed by atoms with Gasteiger partial charge in [-0.05, 0) is 18.1 Å². The minimum Gasteiger partial charge on any atom is -0.350 e. The highest BCUT2D eigenvalue weighted by Crippen LogP contribution is 2.05. The van der Waals surface area contributed by atoms with E-state index in [0.717, 1.165) is 11.1 Å². The molecule has 0 aliphatic rings. The molecule has 0 atom stereocenters. The third-order valence-electron chi connectivity index (χ3n) is 2.30. The Labute approximate surface area is 105 Å². The van der Waals surface area contributed by atoms with Crippen LogP contribution in [0.4, 0.5) is 0 Å². The number of alkyl halides is 1. The molecule has 5 heteroatoms. The highest BCUT2D eigenvalue weighted by atomic mass is 35.5. The summed E-state index contributed by atoms with van der Waals surface area (Å²) >= 11 is 5.29. The van der Waals surface area contributed by atoms with Crippen molar-refractivity contribution in [1.82, 2.24) is 10.6 Å². The largest absolute Gasteiger partial charge is 0.350 e. The molecule has 0 radical (unpaired) electrons. The zero-order valence-corrected chi connectivity index (χ0v) is 10.4. The fourth-order valence-electron chi connectivity index (χ4n) is 1.29. The Hall–Kier alpha value is -1.55. The number of carbonyl (C=O) groups excluding carboxylic acids is 2. The quantitative estimate of drug-likeness (QED) is 0.770. The summed E-state index contributed by atoms with van der Waals surface area (Å²) in [5.41, 5.74) is 2.18. The Morgan fingerprint density at radius 3 is 2.53 bits per heavy atom. The van der Waals surface area contributed by atoms with E-state index < -0.39 is 0 Å². The van der Waals surface area contributed by atoms with Crippen molar-refractivity contribution in [2.45, 2.75) is 13.5 Å². The van der Waals surface area contributed by atoms with Gasteiger partial charge in [-0.2, -0.15) is 0 Å². The summed E-state index contributed by atoms with van der Waals surface area (Å²) < 4.78 is 0. The lowest BCUT2D eigenvalue weighted by atomic mass is 10.1. The Bertz CT molecular complexity index is 407. The molecule has 0 bridgehead atoms. The SMILES string of the molecule is Cc1ccccc1CNC(=O)CNC(=O)CCl. The van der Waals surface area contributed by atoms with Gasteiger partial charge in [-0.15, -0.1) is 11.6 Å². The maximum atomic E-state index is 11.4. The standard InChI is InChI=1S/C12H15ClN2O2/c1-9-4-2-3-5-10(9)7-14-12(17)8-15-11(16)6-13/h2-5H,6-8H2,1H3,(H,14,17)(H,15,16). The van der Waals surface area contributed by atoms with Crippen LogP contribution in [0.15, 0.2) is 24.3 Å². The average molecular weight is 255 g/mol. The third kappa shape index (κ3) is 4.87. The highest BCUT2D eigenvalue weighted by Gasteiger charge is 2.04. The van der Waals surface area contributed by atoms with Gasteiger partial charge in [-0.25, -0.2) is 0 Å². The van der Waals surface area contributed by atoms with Crippen LogP contribution < -0.4 is 10.6 Å². The normalized spacial score (nSPS) is 9.76. The van der Waals surface area contributed by atoms with Crippen molar-refractivity contribution in [3.8, 4) is 0 Å². The number of aryl methyl sites for hydroxylation is 1. The maximum absolute atomic E-state index is 11.4. The molecule has 1 aromatic carbocycles. The third-order valence-corrected chi connectivity index (χ3v) is 2.55. The van der Waals surface area contributed by atoms with E-state index in [4.69, 9.17) is 11.6 Å². The Morgan fingerprint density at radius 2 is 1.88 bits per heavy atom. The lowest BCUT2D eigenvalue weighted by Crippen LogP contribution is -2.37. The molecule has 1 aromatic rings. The van der Waals surface area contributed by atoms with E-state index in [0.29, 0.717) is 6.54 Å². The van der Waals surface area contributed by atoms with E-state index in [1.165, 1.54) is 0 Å². The predicted octanol–water partition coefficient (Wildman–Crippen LogP) is 0.966. The van der Waals surface area contributed by atoms with Gasteiger partial charge in [0.25, 0.3) is 0 Å². The molecule has 2 amide bonds. The van der Waals surface area contributed by atoms with Crippen LogP contribution in [0, 0.1) is 6.92 Å². The van der Waals surface area contributed by atoms with Crippen molar-refractivity contribution in [2.24, 2.45) is 0 Å². The van der Waals surface area contributed by atoms with Crippen molar-refractivity contribution in [1.29, 1.82) is 0 Å². The molecule has 4 nitrogen and oxygen atoms in total. The van der Waals surface area contributed by atoms with Crippen molar-refractivity contribution >= 4 is 23.4 Å². The first kappa shape index (κ1) is 13.5. The summed E-state index contributed by atoms with van der Waals surface area (Å²) in [5, 5.41) is 5.12. The van der Waals surface area contributed by atoms with Crippen LogP contribution in [0.2, 0.25) is 0 Å². The van der Waals surface area contributed by atoms with Crippen LogP contribution in [0.5, 0.6) is 0 Å². The number of rotatable bonds is 5. The summed E-state index contributed by atoms with van der Waals surface area (Å²) in [6.07, 6.45) is 0. The smallest absolute Gasteiger partial charge is 0.239 e. The molecule has 0 heterocycles. The van der Waals surface area contributed by atoms with Crippen LogP contribution in [0.3, 0.4) is 0 Å². The molecular formula is C12H15ClN2O2. The first-order valence-corrected chi connectivity index (χ1v) is 5.81. The summed E-state index contributed by atoms with van der Waals surface area (Å²) in [7, 11) is 0. The molecule has 92 valence electrons. The molecule has 0 aromatic heterocycles. The monoisotopic (exact) mass is 254 g/mol. The lowest BCUT2D eigenvalue weighted by molar-refractivity contribution is -0.124. The van der Waals surface area contributed by atoms with Crippen molar-refractivity contribution < 1.29 is 9.59 Å². The first-order chi connectivity index (χ1) is 8.13. The van der Waals surface area contributed by atoms with E-state index in [1.54, 1.807) is 0 Å². The molecule has 2 N–H and O–H groups in total. The van der Waals surface area contributed by atoms with E-state index in [2.05, 4.69) is 10.6 Å². The summed E-state index contributed by atoms with van der Waals surface area (Å²) in [6.45, 7) is 2.40. The molecule has 0 unspecified atom stereocenters. The molecule has 17 heavy (non-hydrogen) atoms. The zero-order chi connectivity index (χ0) is 12.7. The maximum Gasteiger partial charge on any atom is 0.239 e. The van der Waals surface area contributed by atoms with Gasteiger partial charge in [0, 0.05) is 6.54 Å². The van der Waals surface area contributed by atoms with Gasteiger partial charge in [0.05, 0.1) is 6.54 Å². The molecule has 0 spiro atoms. The number of benzene rings is 1. The number of carbonyl (C=O) groups is 2. The Balaban J connectivity index is 2.34. The first-order valence-electron chi connectivity index (χ1n) is 5.27. The van der Waals surface area contributed by atoms with E-state index in [-0.39, 0.29) is 24.2 Å². The van der Waals surface area contributed by atoms with Crippen LogP contribution >= 0.6 is 11.6 Å². The fraction of sp³-hybridized carbons (Fsp3) is 0.333. The Kier molecular flexibility index (Phi) is 5.49. The number of nitrogens with one attached hydrogen (secondary N) is 2. The van der Waals surface area contributed by atoms with Crippen LogP contribution in [-0.2, 0) is 16.1 Å². The highest BCUT2D eigenvalue weighted by molar-refractivity contribution is 6.27. The molecule has 0 aliphatic carbocycles. The second-order valence-electron chi connectivity index (χ2n) is 3.61. The molecule has 0 aliphatic heterocycles. The van der Waals surface area contributed by atoms with Crippen LogP contribution in [0.1, 0.15) is 11.1 Å². The number of hydrogen-bond acceptors (Lipinski definition) is 2. The van der Waals surface area contributed by atoms with Crippen molar-refractivity contribution in [3.63, 3.8) is 0 Å². The fourth-order valence-corrected chi connectivity index (χ4v) is 1.39. The van der Waals surface area contributed by atoms with Crippen molar-refractivity contribution in [2.75, 3.05) is 12.4 Å². The summed E-state index contributed by atoms with van der Waals surface area (Å²) in [5.74, 6) is -0.713. The second-order valence-corrected chi connectivity index (χ2v) is 3.88. The van der Waals surface area contributed by atoms with Gasteiger partial charge in [-0.3, -0.25) is 9.59 Å². The number of amides is 2. The van der Waals surface area contributed by atoms with E-state index in [1.807, 2.05) is 31.2 Å². The van der Waals surface area contributed by atoms with Gasteiger partial charge < -0.3 is 10.6 Å². The predicted molar refractivity (Wildman–Crippen MR) is 66.8 cm³/mol. The summed E-state index contributed by atoms with van der Waals surface area (Å²) in [6, 6.07) is 7.80. The van der Waals surface area contributed by atoms with Gasteiger partial charge in [0.1, 0.15) is 5.88 Å². The lowest BCUT2D eigenvalue weighted by Gasteiger charge is -2.08. The minimum absolute atomic E-state index is 0.0442. The zero-order valence-electron chi connectivity index (χ0n) is 9.63. The summed E-state index contributed by atoms with van der Waals surface area (Å²) in [4.78, 5) is 22.2. The molecule has 0 saturated heterocycles. The van der Waals surface area contributed by atoms with Gasteiger partial charge in [0.2, 0.25) is 11.8 Å². The molecule has 0 saturated carbocycles. The van der Waals surface area contributed by atoms with Gasteiger partial charge in [-0.1, -0.05) is 24.3 Å². The van der Waals surface area contributed by atoms with Gasteiger partial charge in [0.15, 0.2) is 0 Å². The molecular weight excluding hydrogens is 240 g/mol. The van der Waals surface area contributed by atoms with E-state index >= 15 is 0 Å². The topological polar surface area (TPSA) is 58.2 Å². The Morgan fingerprint density at radius 1 is 1.18 bits per heavy atom. The average Bonchev–Trinajstić information content (AvgIpc) is 2.35. The number of halogens is 1. The van der Waals surface area contributed by atoms with Crippen LogP contribution in [-0.4, -0.2) is 24.2 Å². The van der Waals surface area contributed by atoms with Crippen molar-refractivity contribution in [3.05, 3.63) is 35.4 Å². The molecule has 1 rings (SSSR count). The van der Waals surface area contributed by atoms with E-state index in [9.17, 15) is 9.59 Å². The van der Waals surface area contributed by atoms with Crippen LogP contribution in [0.25, 0.3) is 0 Å². The second kappa shape index (κ2) is 6.91. The minimum atomic E-state index is -0.349. The number of hydrogen-bond donors (Lipinski definition) is 2.